The van der Waals surface area contributed by atoms with Crippen LogP contribution in [-0.4, -0.2) is 22.3 Å². The van der Waals surface area contributed by atoms with Crippen molar-refractivity contribution in [2.24, 2.45) is 0 Å². The average molecular weight is 563 g/mol. The number of hydrogen-bond donors (Lipinski definition) is 3. The number of allylic oxidation sites excluding steroid dienone is 1. The lowest BCUT2D eigenvalue weighted by Gasteiger charge is -2.21. The van der Waals surface area contributed by atoms with Crippen LogP contribution in [0.15, 0.2) is 75.7 Å². The highest BCUT2D eigenvalue weighted by Gasteiger charge is 2.22. The van der Waals surface area contributed by atoms with Gasteiger partial charge in [0, 0.05) is 21.5 Å². The van der Waals surface area contributed by atoms with Crippen molar-refractivity contribution in [2.75, 3.05) is 5.32 Å². The topological polar surface area (TPSA) is 95.9 Å². The molecule has 3 aromatic carbocycles. The van der Waals surface area contributed by atoms with E-state index in [1.165, 1.54) is 0 Å². The van der Waals surface area contributed by atoms with E-state index in [9.17, 15) is 14.7 Å². The Morgan fingerprint density at radius 2 is 1.84 bits per heavy atom. The fourth-order valence-electron chi connectivity index (χ4n) is 3.32. The number of aromatic hydroxyl groups is 1. The third-order valence-corrected chi connectivity index (χ3v) is 5.84. The van der Waals surface area contributed by atoms with Gasteiger partial charge in [0.2, 0.25) is 0 Å². The Hall–Kier alpha value is -2.84. The van der Waals surface area contributed by atoms with E-state index in [1.54, 1.807) is 24.3 Å². The zero-order chi connectivity index (χ0) is 23.1. The second-order valence-electron chi connectivity index (χ2n) is 7.04. The Kier molecular flexibility index (Phi) is 8.30. The first-order chi connectivity index (χ1) is 15.3. The number of unbranched alkanes of at least 4 members (excludes halogenated alkanes) is 1. The summed E-state index contributed by atoms with van der Waals surface area (Å²) in [4.78, 5) is 23.4. The van der Waals surface area contributed by atoms with Crippen LogP contribution in [0.3, 0.4) is 0 Å². The number of carbonyl (C=O) groups excluding carboxylic acids is 1. The molecule has 1 amide bonds. The fraction of sp³-hybridized carbons (Fsp3) is 0.167. The standard InChI is InChI=1S/C24H21Br2NO5/c25-16-13-18(23(30)19(26)14-16)21(11-2-1-3-12-22(28)29)32-24(31)27-20-10-6-8-15-7-4-5-9-17(15)20/h3-10,12-14,21,30H,1-2,11H2,(H,27,31)(H,28,29)/b12-3+/t21-/m0/s1. The zero-order valence-electron chi connectivity index (χ0n) is 16.9. The van der Waals surface area contributed by atoms with Crippen LogP contribution >= 0.6 is 31.9 Å². The van der Waals surface area contributed by atoms with Crippen molar-refractivity contribution in [3.05, 3.63) is 81.3 Å². The van der Waals surface area contributed by atoms with E-state index in [0.29, 0.717) is 39.5 Å². The number of hydrogen-bond acceptors (Lipinski definition) is 4. The van der Waals surface area contributed by atoms with Gasteiger partial charge in [-0.1, -0.05) is 58.4 Å². The van der Waals surface area contributed by atoms with Crippen molar-refractivity contribution in [3.8, 4) is 5.75 Å². The maximum Gasteiger partial charge on any atom is 0.412 e. The summed E-state index contributed by atoms with van der Waals surface area (Å²) in [6.45, 7) is 0. The fourth-order valence-corrected chi connectivity index (χ4v) is 4.58. The van der Waals surface area contributed by atoms with Crippen molar-refractivity contribution in [1.29, 1.82) is 0 Å². The molecule has 0 aromatic heterocycles. The number of ether oxygens (including phenoxy) is 1. The highest BCUT2D eigenvalue weighted by molar-refractivity contribution is 9.11. The largest absolute Gasteiger partial charge is 0.506 e. The molecule has 0 spiro atoms. The minimum Gasteiger partial charge on any atom is -0.506 e. The molecule has 6 nitrogen and oxygen atoms in total. The minimum absolute atomic E-state index is 0.0164. The van der Waals surface area contributed by atoms with Crippen molar-refractivity contribution in [3.63, 3.8) is 0 Å². The molecule has 0 aliphatic heterocycles. The number of carboxylic acid groups (broad SMARTS) is 1. The van der Waals surface area contributed by atoms with Gasteiger partial charge in [0.15, 0.2) is 0 Å². The molecule has 0 bridgehead atoms. The second-order valence-corrected chi connectivity index (χ2v) is 8.81. The number of fused-ring (bicyclic) bond motifs is 1. The molecule has 166 valence electrons. The van der Waals surface area contributed by atoms with Gasteiger partial charge < -0.3 is 14.9 Å². The van der Waals surface area contributed by atoms with E-state index in [4.69, 9.17) is 9.84 Å². The Bertz CT molecular complexity index is 1160. The number of benzene rings is 3. The maximum atomic E-state index is 12.8. The molecule has 0 unspecified atom stereocenters. The Morgan fingerprint density at radius 1 is 1.09 bits per heavy atom. The summed E-state index contributed by atoms with van der Waals surface area (Å²) in [6, 6.07) is 16.7. The highest BCUT2D eigenvalue weighted by atomic mass is 79.9. The normalized spacial score (nSPS) is 12.1. The Morgan fingerprint density at radius 3 is 2.62 bits per heavy atom. The third-order valence-electron chi connectivity index (χ3n) is 4.78. The summed E-state index contributed by atoms with van der Waals surface area (Å²) in [7, 11) is 0. The number of carboxylic acids is 1. The summed E-state index contributed by atoms with van der Waals surface area (Å²) >= 11 is 6.71. The number of phenolic OH excluding ortho intramolecular Hbond substituents is 1. The molecular weight excluding hydrogens is 542 g/mol. The van der Waals surface area contributed by atoms with Gasteiger partial charge in [-0.15, -0.1) is 0 Å². The predicted molar refractivity (Wildman–Crippen MR) is 131 cm³/mol. The van der Waals surface area contributed by atoms with Gasteiger partial charge in [-0.05, 0) is 58.8 Å². The molecule has 1 atom stereocenters. The van der Waals surface area contributed by atoms with Gasteiger partial charge in [0.1, 0.15) is 11.9 Å². The Labute approximate surface area is 202 Å². The van der Waals surface area contributed by atoms with E-state index in [-0.39, 0.29) is 5.75 Å². The van der Waals surface area contributed by atoms with Gasteiger partial charge >= 0.3 is 12.1 Å². The Balaban J connectivity index is 1.79. The molecule has 3 rings (SSSR count). The molecular formula is C24H21Br2NO5. The van der Waals surface area contributed by atoms with Gasteiger partial charge in [-0.3, -0.25) is 5.32 Å². The van der Waals surface area contributed by atoms with Crippen LogP contribution in [-0.2, 0) is 9.53 Å². The summed E-state index contributed by atoms with van der Waals surface area (Å²) in [5.74, 6) is -1.03. The van der Waals surface area contributed by atoms with Crippen LogP contribution < -0.4 is 5.32 Å². The smallest absolute Gasteiger partial charge is 0.412 e. The predicted octanol–water partition coefficient (Wildman–Crippen LogP) is 7.17. The molecule has 0 saturated carbocycles. The van der Waals surface area contributed by atoms with Crippen molar-refractivity contribution in [1.82, 2.24) is 0 Å². The SMILES string of the molecule is O=C(O)/C=C/CCC[C@H](OC(=O)Nc1cccc2ccccc12)c1cc(Br)cc(Br)c1O. The van der Waals surface area contributed by atoms with Crippen LogP contribution in [0.1, 0.15) is 30.9 Å². The molecule has 3 aromatic rings. The van der Waals surface area contributed by atoms with Gasteiger partial charge in [0.25, 0.3) is 0 Å². The molecule has 0 fully saturated rings. The first-order valence-corrected chi connectivity index (χ1v) is 11.5. The highest BCUT2D eigenvalue weighted by Crippen LogP contribution is 2.38. The summed E-state index contributed by atoms with van der Waals surface area (Å²) in [5.41, 5.74) is 1.07. The van der Waals surface area contributed by atoms with Crippen LogP contribution in [0, 0.1) is 0 Å². The lowest BCUT2D eigenvalue weighted by Crippen LogP contribution is -2.18. The molecule has 0 aliphatic rings. The van der Waals surface area contributed by atoms with E-state index < -0.39 is 18.2 Å². The van der Waals surface area contributed by atoms with Crippen LogP contribution in [0.25, 0.3) is 10.8 Å². The van der Waals surface area contributed by atoms with Gasteiger partial charge in [-0.25, -0.2) is 9.59 Å². The molecule has 3 N–H and O–H groups in total. The van der Waals surface area contributed by atoms with E-state index >= 15 is 0 Å². The summed E-state index contributed by atoms with van der Waals surface area (Å²) in [6.07, 6.45) is 2.68. The van der Waals surface area contributed by atoms with Gasteiger partial charge in [-0.2, -0.15) is 0 Å². The molecule has 8 heteroatoms. The number of aliphatic carboxylic acids is 1. The lowest BCUT2D eigenvalue weighted by molar-refractivity contribution is -0.131. The maximum absolute atomic E-state index is 12.8. The van der Waals surface area contributed by atoms with Gasteiger partial charge in [0.05, 0.1) is 10.2 Å². The number of nitrogens with one attached hydrogen (secondary N) is 1. The number of amides is 1. The summed E-state index contributed by atoms with van der Waals surface area (Å²) in [5, 5.41) is 23.9. The molecule has 0 radical (unpaired) electrons. The first kappa shape index (κ1) is 23.8. The quantitative estimate of drug-likeness (QED) is 0.200. The monoisotopic (exact) mass is 561 g/mol. The first-order valence-electron chi connectivity index (χ1n) is 9.88. The summed E-state index contributed by atoms with van der Waals surface area (Å²) < 4.78 is 6.90. The number of anilines is 1. The van der Waals surface area contributed by atoms with Crippen molar-refractivity contribution < 1.29 is 24.5 Å². The number of carbonyl (C=O) groups is 2. The number of halogens is 2. The van der Waals surface area contributed by atoms with Crippen molar-refractivity contribution in [2.45, 2.75) is 25.4 Å². The molecule has 0 aliphatic carbocycles. The van der Waals surface area contributed by atoms with E-state index in [1.807, 2.05) is 36.4 Å². The van der Waals surface area contributed by atoms with Crippen LogP contribution in [0.5, 0.6) is 5.75 Å². The molecule has 0 saturated heterocycles. The molecule has 32 heavy (non-hydrogen) atoms. The second kappa shape index (κ2) is 11.2. The van der Waals surface area contributed by atoms with E-state index in [0.717, 1.165) is 16.8 Å². The molecule has 0 heterocycles. The average Bonchev–Trinajstić information content (AvgIpc) is 2.75. The van der Waals surface area contributed by atoms with Crippen LogP contribution in [0.2, 0.25) is 0 Å². The van der Waals surface area contributed by atoms with Crippen LogP contribution in [0.4, 0.5) is 10.5 Å². The van der Waals surface area contributed by atoms with Crippen molar-refractivity contribution >= 4 is 60.4 Å². The number of rotatable bonds is 8. The lowest BCUT2D eigenvalue weighted by atomic mass is 10.0. The minimum atomic E-state index is -1.01. The number of phenols is 1. The third kappa shape index (κ3) is 6.34. The van der Waals surface area contributed by atoms with E-state index in [2.05, 4.69) is 37.2 Å². The zero-order valence-corrected chi connectivity index (χ0v) is 20.1.